The molecule has 1 unspecified atom stereocenters. The summed E-state index contributed by atoms with van der Waals surface area (Å²) < 4.78 is 3.47. The van der Waals surface area contributed by atoms with Crippen LogP contribution in [0.5, 0.6) is 0 Å². The lowest BCUT2D eigenvalue weighted by Gasteiger charge is -2.27. The van der Waals surface area contributed by atoms with Crippen molar-refractivity contribution in [2.24, 2.45) is 0 Å². The third-order valence-electron chi connectivity index (χ3n) is 3.18. The summed E-state index contributed by atoms with van der Waals surface area (Å²) in [6, 6.07) is 0.639. The molecule has 2 heterocycles. The molecule has 1 aliphatic rings. The summed E-state index contributed by atoms with van der Waals surface area (Å²) in [5.41, 5.74) is 1.39. The van der Waals surface area contributed by atoms with E-state index in [2.05, 4.69) is 37.7 Å². The molecule has 0 aromatic carbocycles. The Hall–Kier alpha value is -0.350. The highest BCUT2D eigenvalue weighted by Crippen LogP contribution is 2.32. The van der Waals surface area contributed by atoms with Crippen LogP contribution >= 0.6 is 15.9 Å². The fraction of sp³-hybridized carbons (Fsp3) is 0.727. The van der Waals surface area contributed by atoms with E-state index in [9.17, 15) is 0 Å². The number of halogens is 1. The molecular weight excluding hydrogens is 254 g/mol. The smallest absolute Gasteiger partial charge is 0.127 e. The first kappa shape index (κ1) is 11.1. The van der Waals surface area contributed by atoms with Crippen molar-refractivity contribution in [2.75, 3.05) is 13.6 Å². The molecule has 2 rings (SSSR count). The number of hydrogen-bond acceptors (Lipinski definition) is 2. The number of imidazole rings is 1. The largest absolute Gasteiger partial charge is 0.328 e. The Bertz CT molecular complexity index is 346. The van der Waals surface area contributed by atoms with Crippen molar-refractivity contribution in [3.05, 3.63) is 16.1 Å². The van der Waals surface area contributed by atoms with E-state index >= 15 is 0 Å². The Morgan fingerprint density at radius 1 is 1.60 bits per heavy atom. The van der Waals surface area contributed by atoms with Gasteiger partial charge < -0.3 is 9.88 Å². The summed E-state index contributed by atoms with van der Waals surface area (Å²) in [4.78, 5) is 4.51. The van der Waals surface area contributed by atoms with Gasteiger partial charge in [-0.2, -0.15) is 0 Å². The zero-order chi connectivity index (χ0) is 10.8. The van der Waals surface area contributed by atoms with Gasteiger partial charge in [0.15, 0.2) is 0 Å². The third kappa shape index (κ3) is 2.11. The van der Waals surface area contributed by atoms with E-state index < -0.39 is 0 Å². The first-order valence-corrected chi connectivity index (χ1v) is 6.41. The topological polar surface area (TPSA) is 29.9 Å². The lowest BCUT2D eigenvalue weighted by Crippen LogP contribution is -2.22. The van der Waals surface area contributed by atoms with Crippen LogP contribution in [0.2, 0.25) is 0 Å². The number of aromatic nitrogens is 2. The molecule has 4 heteroatoms. The van der Waals surface area contributed by atoms with Gasteiger partial charge in [-0.1, -0.05) is 0 Å². The van der Waals surface area contributed by atoms with Crippen LogP contribution in [-0.4, -0.2) is 23.1 Å². The molecule has 15 heavy (non-hydrogen) atoms. The quantitative estimate of drug-likeness (QED) is 0.916. The minimum atomic E-state index is 0.639. The van der Waals surface area contributed by atoms with Gasteiger partial charge in [0, 0.05) is 6.04 Å². The fourth-order valence-corrected chi connectivity index (χ4v) is 3.13. The molecule has 0 aliphatic carbocycles. The molecule has 1 N–H and O–H groups in total. The monoisotopic (exact) mass is 271 g/mol. The molecule has 1 aliphatic heterocycles. The molecule has 3 nitrogen and oxygen atoms in total. The van der Waals surface area contributed by atoms with Gasteiger partial charge in [0.2, 0.25) is 0 Å². The van der Waals surface area contributed by atoms with E-state index in [4.69, 9.17) is 0 Å². The molecule has 1 atom stereocenters. The summed E-state index contributed by atoms with van der Waals surface area (Å²) in [7, 11) is 2.01. The number of fused-ring (bicyclic) bond motifs is 1. The summed E-state index contributed by atoms with van der Waals surface area (Å²) in [6.45, 7) is 3.19. The molecule has 1 aromatic rings. The van der Waals surface area contributed by atoms with Crippen LogP contribution in [0.3, 0.4) is 0 Å². The summed E-state index contributed by atoms with van der Waals surface area (Å²) in [6.07, 6.45) is 4.95. The Labute approximate surface area is 99.4 Å². The maximum atomic E-state index is 4.51. The molecule has 0 spiro atoms. The van der Waals surface area contributed by atoms with Crippen LogP contribution in [0.1, 0.15) is 36.8 Å². The lowest BCUT2D eigenvalue weighted by atomic mass is 10.00. The Kier molecular flexibility index (Phi) is 3.46. The van der Waals surface area contributed by atoms with Crippen molar-refractivity contribution in [1.29, 1.82) is 0 Å². The first-order chi connectivity index (χ1) is 7.24. The molecular formula is C11H18BrN3. The van der Waals surface area contributed by atoms with Crippen LogP contribution in [0.4, 0.5) is 0 Å². The first-order valence-electron chi connectivity index (χ1n) is 5.62. The highest BCUT2D eigenvalue weighted by Gasteiger charge is 2.23. The second-order valence-electron chi connectivity index (χ2n) is 4.20. The van der Waals surface area contributed by atoms with Crippen molar-refractivity contribution in [2.45, 2.75) is 38.6 Å². The second kappa shape index (κ2) is 4.66. The van der Waals surface area contributed by atoms with Crippen LogP contribution in [0.15, 0.2) is 4.60 Å². The average Bonchev–Trinajstić information content (AvgIpc) is 2.53. The van der Waals surface area contributed by atoms with E-state index in [0.29, 0.717) is 6.04 Å². The highest BCUT2D eigenvalue weighted by atomic mass is 79.9. The Balaban J connectivity index is 2.25. The minimum absolute atomic E-state index is 0.639. The lowest BCUT2D eigenvalue weighted by molar-refractivity contribution is 0.369. The highest BCUT2D eigenvalue weighted by molar-refractivity contribution is 9.10. The molecule has 0 saturated carbocycles. The predicted molar refractivity (Wildman–Crippen MR) is 65.2 cm³/mol. The molecule has 0 saturated heterocycles. The maximum Gasteiger partial charge on any atom is 0.127 e. The molecule has 0 radical (unpaired) electrons. The zero-order valence-electron chi connectivity index (χ0n) is 9.39. The van der Waals surface area contributed by atoms with Crippen LogP contribution < -0.4 is 5.32 Å². The number of nitrogens with one attached hydrogen (secondary N) is 1. The third-order valence-corrected chi connectivity index (χ3v) is 3.82. The Morgan fingerprint density at radius 3 is 3.13 bits per heavy atom. The normalized spacial score (nSPS) is 20.3. The summed E-state index contributed by atoms with van der Waals surface area (Å²) in [5.74, 6) is 1.15. The van der Waals surface area contributed by atoms with Crippen LogP contribution in [-0.2, 0) is 6.42 Å². The second-order valence-corrected chi connectivity index (χ2v) is 4.96. The minimum Gasteiger partial charge on any atom is -0.328 e. The number of hydrogen-bond donors (Lipinski definition) is 1. The van der Waals surface area contributed by atoms with E-state index in [1.807, 2.05) is 7.05 Å². The molecule has 84 valence electrons. The predicted octanol–water partition coefficient (Wildman–Crippen LogP) is 2.44. The van der Waals surface area contributed by atoms with Crippen LogP contribution in [0, 0.1) is 6.92 Å². The zero-order valence-corrected chi connectivity index (χ0v) is 11.0. The Morgan fingerprint density at radius 2 is 2.40 bits per heavy atom. The van der Waals surface area contributed by atoms with Crippen molar-refractivity contribution >= 4 is 15.9 Å². The summed E-state index contributed by atoms with van der Waals surface area (Å²) in [5, 5.41) is 3.23. The number of rotatable bonds is 3. The van der Waals surface area contributed by atoms with Gasteiger partial charge >= 0.3 is 0 Å². The van der Waals surface area contributed by atoms with E-state index in [1.165, 1.54) is 25.0 Å². The fourth-order valence-electron chi connectivity index (χ4n) is 2.48. The number of nitrogens with zero attached hydrogens (tertiary/aromatic N) is 2. The van der Waals surface area contributed by atoms with Gasteiger partial charge in [-0.15, -0.1) is 0 Å². The average molecular weight is 272 g/mol. The summed E-state index contributed by atoms with van der Waals surface area (Å²) >= 11 is 3.55. The number of aryl methyl sites for hydroxylation is 1. The van der Waals surface area contributed by atoms with Crippen molar-refractivity contribution < 1.29 is 0 Å². The van der Waals surface area contributed by atoms with Crippen LogP contribution in [0.25, 0.3) is 0 Å². The van der Waals surface area contributed by atoms with E-state index in [0.717, 1.165) is 23.4 Å². The van der Waals surface area contributed by atoms with Gasteiger partial charge in [-0.25, -0.2) is 4.98 Å². The molecule has 1 aromatic heterocycles. The maximum absolute atomic E-state index is 4.51. The van der Waals surface area contributed by atoms with E-state index in [-0.39, 0.29) is 0 Å². The van der Waals surface area contributed by atoms with Crippen molar-refractivity contribution in [1.82, 2.24) is 14.9 Å². The van der Waals surface area contributed by atoms with E-state index in [1.54, 1.807) is 0 Å². The molecule has 0 bridgehead atoms. The van der Waals surface area contributed by atoms with Gasteiger partial charge in [0.1, 0.15) is 10.4 Å². The van der Waals surface area contributed by atoms with Gasteiger partial charge in [0.05, 0.1) is 5.69 Å². The van der Waals surface area contributed by atoms with Crippen molar-refractivity contribution in [3.63, 3.8) is 0 Å². The molecule has 0 fully saturated rings. The SMILES string of the molecule is CNCCC1CCCc2c(Br)nc(C)n21. The van der Waals surface area contributed by atoms with Gasteiger partial charge in [-0.05, 0) is 62.1 Å². The standard InChI is InChI=1S/C11H18BrN3/c1-8-14-11(12)10-5-3-4-9(15(8)10)6-7-13-2/h9,13H,3-7H2,1-2H3. The molecule has 0 amide bonds. The van der Waals surface area contributed by atoms with Crippen molar-refractivity contribution in [3.8, 4) is 0 Å². The van der Waals surface area contributed by atoms with Gasteiger partial charge in [0.25, 0.3) is 0 Å². The van der Waals surface area contributed by atoms with Gasteiger partial charge in [-0.3, -0.25) is 0 Å².